The van der Waals surface area contributed by atoms with E-state index in [-0.39, 0.29) is 0 Å². The second-order valence-electron chi connectivity index (χ2n) is 6.60. The summed E-state index contributed by atoms with van der Waals surface area (Å²) in [7, 11) is 0. The molecule has 160 valence electrons. The minimum Gasteiger partial charge on any atom is -0.372 e. The van der Waals surface area contributed by atoms with E-state index >= 15 is 0 Å². The molecular formula is C23H32N6O. The zero-order chi connectivity index (χ0) is 21.8. The van der Waals surface area contributed by atoms with Gasteiger partial charge < -0.3 is 9.80 Å². The minimum atomic E-state index is -0.498. The molecule has 0 spiro atoms. The highest BCUT2D eigenvalue weighted by Gasteiger charge is 2.02. The lowest BCUT2D eigenvalue weighted by Gasteiger charge is -2.20. The average molecular weight is 409 g/mol. The molecule has 2 N–H and O–H groups in total. The van der Waals surface area contributed by atoms with Crippen LogP contribution in [0.25, 0.3) is 0 Å². The first kappa shape index (κ1) is 22.9. The Hall–Kier alpha value is -3.35. The van der Waals surface area contributed by atoms with Crippen molar-refractivity contribution < 1.29 is 4.79 Å². The Kier molecular flexibility index (Phi) is 9.37. The molecule has 0 saturated carbocycles. The van der Waals surface area contributed by atoms with Gasteiger partial charge in [0.2, 0.25) is 0 Å². The van der Waals surface area contributed by atoms with Gasteiger partial charge in [0.25, 0.3) is 0 Å². The van der Waals surface area contributed by atoms with Crippen molar-refractivity contribution in [2.75, 3.05) is 36.0 Å². The normalized spacial score (nSPS) is 11.1. The molecular weight excluding hydrogens is 376 g/mol. The first-order valence-corrected chi connectivity index (χ1v) is 10.4. The van der Waals surface area contributed by atoms with Gasteiger partial charge in [-0.2, -0.15) is 10.2 Å². The standard InChI is InChI=1S/C23H32N6O/c1-5-28(6-2)21-13-9-19(10-14-21)17-24-26-23(30)27-25-18-20-11-15-22(16-12-20)29(7-3)8-4/h9-18H,5-8H2,1-4H3,(H2,26,27,30)/b24-17-,25-18-. The van der Waals surface area contributed by atoms with Gasteiger partial charge in [0, 0.05) is 37.6 Å². The quantitative estimate of drug-likeness (QED) is 0.460. The molecule has 0 unspecified atom stereocenters. The highest BCUT2D eigenvalue weighted by molar-refractivity contribution is 5.84. The molecule has 2 rings (SSSR count). The molecule has 2 aromatic carbocycles. The molecule has 0 aliphatic heterocycles. The van der Waals surface area contributed by atoms with Gasteiger partial charge in [-0.1, -0.05) is 24.3 Å². The van der Waals surface area contributed by atoms with E-state index in [1.54, 1.807) is 12.4 Å². The Bertz CT molecular complexity index is 752. The maximum atomic E-state index is 11.8. The molecule has 2 aromatic rings. The molecule has 0 aromatic heterocycles. The summed E-state index contributed by atoms with van der Waals surface area (Å²) in [6.45, 7) is 12.4. The van der Waals surface area contributed by atoms with Gasteiger partial charge >= 0.3 is 6.03 Å². The fraction of sp³-hybridized carbons (Fsp3) is 0.348. The molecule has 30 heavy (non-hydrogen) atoms. The molecule has 7 heteroatoms. The summed E-state index contributed by atoms with van der Waals surface area (Å²) < 4.78 is 0. The van der Waals surface area contributed by atoms with Crippen LogP contribution >= 0.6 is 0 Å². The maximum absolute atomic E-state index is 11.8. The number of nitrogens with zero attached hydrogens (tertiary/aromatic N) is 4. The van der Waals surface area contributed by atoms with Crippen LogP contribution in [-0.2, 0) is 0 Å². The van der Waals surface area contributed by atoms with E-state index in [1.807, 2.05) is 48.5 Å². The molecule has 0 aliphatic rings. The first-order valence-electron chi connectivity index (χ1n) is 10.4. The van der Waals surface area contributed by atoms with Gasteiger partial charge in [-0.25, -0.2) is 15.6 Å². The fourth-order valence-electron chi connectivity index (χ4n) is 3.08. The highest BCUT2D eigenvalue weighted by Crippen LogP contribution is 2.14. The predicted molar refractivity (Wildman–Crippen MR) is 127 cm³/mol. The van der Waals surface area contributed by atoms with Crippen molar-refractivity contribution in [1.82, 2.24) is 10.9 Å². The second kappa shape index (κ2) is 12.3. The Morgan fingerprint density at radius 1 is 0.700 bits per heavy atom. The smallest absolute Gasteiger partial charge is 0.355 e. The van der Waals surface area contributed by atoms with Gasteiger partial charge in [-0.3, -0.25) is 0 Å². The lowest BCUT2D eigenvalue weighted by atomic mass is 10.2. The number of hydrogen-bond donors (Lipinski definition) is 2. The average Bonchev–Trinajstić information content (AvgIpc) is 2.77. The summed E-state index contributed by atoms with van der Waals surface area (Å²) in [6.07, 6.45) is 3.20. The van der Waals surface area contributed by atoms with Crippen molar-refractivity contribution in [3.8, 4) is 0 Å². The van der Waals surface area contributed by atoms with Gasteiger partial charge in [0.15, 0.2) is 0 Å². The van der Waals surface area contributed by atoms with Crippen molar-refractivity contribution in [3.05, 3.63) is 59.7 Å². The number of amides is 2. The number of rotatable bonds is 10. The highest BCUT2D eigenvalue weighted by atomic mass is 16.2. The third-order valence-electron chi connectivity index (χ3n) is 4.80. The van der Waals surface area contributed by atoms with Crippen LogP contribution in [-0.4, -0.2) is 44.6 Å². The summed E-state index contributed by atoms with van der Waals surface area (Å²) in [5.41, 5.74) is 8.96. The van der Waals surface area contributed by atoms with Gasteiger partial charge in [-0.15, -0.1) is 0 Å². The summed E-state index contributed by atoms with van der Waals surface area (Å²) in [5.74, 6) is 0. The number of nitrogens with one attached hydrogen (secondary N) is 2. The lowest BCUT2D eigenvalue weighted by molar-refractivity contribution is 0.242. The van der Waals surface area contributed by atoms with Crippen LogP contribution in [0.15, 0.2) is 58.7 Å². The van der Waals surface area contributed by atoms with E-state index in [4.69, 9.17) is 0 Å². The van der Waals surface area contributed by atoms with E-state index in [1.165, 1.54) is 11.4 Å². The Morgan fingerprint density at radius 2 is 1.03 bits per heavy atom. The van der Waals surface area contributed by atoms with Crippen molar-refractivity contribution in [1.29, 1.82) is 0 Å². The first-order chi connectivity index (χ1) is 14.6. The van der Waals surface area contributed by atoms with E-state index in [0.29, 0.717) is 0 Å². The van der Waals surface area contributed by atoms with E-state index < -0.39 is 6.03 Å². The molecule has 0 saturated heterocycles. The third kappa shape index (κ3) is 6.92. The van der Waals surface area contributed by atoms with Crippen LogP contribution in [0.3, 0.4) is 0 Å². The summed E-state index contributed by atoms with van der Waals surface area (Å²) in [6, 6.07) is 15.6. The largest absolute Gasteiger partial charge is 0.372 e. The number of urea groups is 1. The molecule has 0 heterocycles. The Balaban J connectivity index is 1.80. The van der Waals surface area contributed by atoms with Crippen LogP contribution in [0, 0.1) is 0 Å². The molecule has 0 bridgehead atoms. The molecule has 2 amide bonds. The monoisotopic (exact) mass is 408 g/mol. The number of hydrogen-bond acceptors (Lipinski definition) is 5. The zero-order valence-corrected chi connectivity index (χ0v) is 18.3. The minimum absolute atomic E-state index is 0.498. The molecule has 0 radical (unpaired) electrons. The summed E-state index contributed by atoms with van der Waals surface area (Å²) in [5, 5.41) is 7.90. The number of carbonyl (C=O) groups is 1. The Labute approximate surface area is 179 Å². The van der Waals surface area contributed by atoms with Gasteiger partial charge in [0.1, 0.15) is 0 Å². The van der Waals surface area contributed by atoms with Crippen molar-refractivity contribution >= 4 is 29.8 Å². The zero-order valence-electron chi connectivity index (χ0n) is 18.3. The van der Waals surface area contributed by atoms with Crippen LogP contribution in [0.2, 0.25) is 0 Å². The second-order valence-corrected chi connectivity index (χ2v) is 6.60. The van der Waals surface area contributed by atoms with Crippen LogP contribution in [0.5, 0.6) is 0 Å². The van der Waals surface area contributed by atoms with Gasteiger partial charge in [0.05, 0.1) is 12.4 Å². The van der Waals surface area contributed by atoms with Crippen molar-refractivity contribution in [2.24, 2.45) is 10.2 Å². The number of anilines is 2. The number of carbonyl (C=O) groups excluding carboxylic acids is 1. The molecule has 0 fully saturated rings. The lowest BCUT2D eigenvalue weighted by Crippen LogP contribution is -2.28. The van der Waals surface area contributed by atoms with E-state index in [2.05, 4.69) is 58.5 Å². The van der Waals surface area contributed by atoms with Crippen molar-refractivity contribution in [3.63, 3.8) is 0 Å². The fourth-order valence-corrected chi connectivity index (χ4v) is 3.08. The Morgan fingerprint density at radius 3 is 1.33 bits per heavy atom. The van der Waals surface area contributed by atoms with Crippen LogP contribution < -0.4 is 20.7 Å². The number of benzene rings is 2. The third-order valence-corrected chi connectivity index (χ3v) is 4.80. The summed E-state index contributed by atoms with van der Waals surface area (Å²) >= 11 is 0. The maximum Gasteiger partial charge on any atom is 0.355 e. The van der Waals surface area contributed by atoms with E-state index in [9.17, 15) is 4.79 Å². The number of hydrazone groups is 2. The summed E-state index contributed by atoms with van der Waals surface area (Å²) in [4.78, 5) is 16.3. The van der Waals surface area contributed by atoms with Gasteiger partial charge in [-0.05, 0) is 63.1 Å². The topological polar surface area (TPSA) is 72.3 Å². The molecule has 0 aliphatic carbocycles. The SMILES string of the molecule is CCN(CC)c1ccc(/C=N\NC(=O)N/N=C\c2ccc(N(CC)CC)cc2)cc1. The predicted octanol–water partition coefficient (Wildman–Crippen LogP) is 4.05. The van der Waals surface area contributed by atoms with Crippen LogP contribution in [0.4, 0.5) is 16.2 Å². The van der Waals surface area contributed by atoms with Crippen LogP contribution in [0.1, 0.15) is 38.8 Å². The van der Waals surface area contributed by atoms with E-state index in [0.717, 1.165) is 37.3 Å². The molecule has 0 atom stereocenters. The van der Waals surface area contributed by atoms with Crippen molar-refractivity contribution in [2.45, 2.75) is 27.7 Å². The molecule has 7 nitrogen and oxygen atoms in total.